The van der Waals surface area contributed by atoms with Crippen molar-refractivity contribution in [3.05, 3.63) is 29.8 Å². The van der Waals surface area contributed by atoms with Gasteiger partial charge < -0.3 is 19.9 Å². The van der Waals surface area contributed by atoms with Gasteiger partial charge in [0.2, 0.25) is 0 Å². The number of aliphatic hydroxyl groups excluding tert-OH is 1. The summed E-state index contributed by atoms with van der Waals surface area (Å²) in [6.07, 6.45) is -1.36. The molecular weight excluding hydrogens is 238 g/mol. The third-order valence-electron chi connectivity index (χ3n) is 2.28. The molecule has 0 aliphatic carbocycles. The van der Waals surface area contributed by atoms with Gasteiger partial charge >= 0.3 is 5.97 Å². The first-order valence-corrected chi connectivity index (χ1v) is 5.26. The van der Waals surface area contributed by atoms with Crippen LogP contribution in [0.3, 0.4) is 0 Å². The van der Waals surface area contributed by atoms with E-state index >= 15 is 0 Å². The molecule has 0 bridgehead atoms. The minimum atomic E-state index is -1.36. The number of hydrogen-bond donors (Lipinski definition) is 2. The van der Waals surface area contributed by atoms with Crippen LogP contribution in [0.15, 0.2) is 24.3 Å². The smallest absolute Gasteiger partial charge is 0.336 e. The second-order valence-corrected chi connectivity index (χ2v) is 3.48. The van der Waals surface area contributed by atoms with Crippen LogP contribution >= 0.6 is 0 Å². The van der Waals surface area contributed by atoms with Gasteiger partial charge in [-0.2, -0.15) is 0 Å². The fraction of sp³-hybridized carbons (Fsp3) is 0.333. The minimum absolute atomic E-state index is 0.197. The van der Waals surface area contributed by atoms with Crippen molar-refractivity contribution in [3.63, 3.8) is 0 Å². The molecule has 2 N–H and O–H groups in total. The summed E-state index contributed by atoms with van der Waals surface area (Å²) in [6, 6.07) is 6.45. The van der Waals surface area contributed by atoms with Gasteiger partial charge in [-0.3, -0.25) is 4.79 Å². The molecule has 1 aromatic rings. The summed E-state index contributed by atoms with van der Waals surface area (Å²) in [5.41, 5.74) is 0.410. The van der Waals surface area contributed by atoms with Gasteiger partial charge in [0.05, 0.1) is 20.8 Å². The molecule has 18 heavy (non-hydrogen) atoms. The van der Waals surface area contributed by atoms with E-state index in [1.807, 2.05) is 0 Å². The average molecular weight is 253 g/mol. The van der Waals surface area contributed by atoms with Crippen molar-refractivity contribution in [2.75, 3.05) is 20.8 Å². The van der Waals surface area contributed by atoms with Gasteiger partial charge in [-0.15, -0.1) is 0 Å². The van der Waals surface area contributed by atoms with Crippen LogP contribution in [-0.4, -0.2) is 43.9 Å². The molecule has 0 saturated heterocycles. The van der Waals surface area contributed by atoms with Crippen LogP contribution in [-0.2, 0) is 9.53 Å². The van der Waals surface area contributed by atoms with Crippen molar-refractivity contribution in [1.82, 2.24) is 5.32 Å². The standard InChI is InChI=1S/C12H15NO5/c1-17-9-5-3-8(4-6-9)11(15)13-7-10(14)12(16)18-2/h3-6,10,14H,7H2,1-2H3,(H,13,15). The molecular formula is C12H15NO5. The average Bonchev–Trinajstić information content (AvgIpc) is 2.43. The molecule has 1 rings (SSSR count). The molecule has 1 aromatic carbocycles. The van der Waals surface area contributed by atoms with Gasteiger partial charge in [-0.25, -0.2) is 4.79 Å². The van der Waals surface area contributed by atoms with Gasteiger partial charge in [0, 0.05) is 5.56 Å². The highest BCUT2D eigenvalue weighted by Crippen LogP contribution is 2.10. The molecule has 0 fully saturated rings. The Morgan fingerprint density at radius 1 is 1.28 bits per heavy atom. The predicted octanol–water partition coefficient (Wildman–Crippen LogP) is -0.0411. The van der Waals surface area contributed by atoms with Crippen molar-refractivity contribution >= 4 is 11.9 Å². The van der Waals surface area contributed by atoms with E-state index in [2.05, 4.69) is 10.1 Å². The first-order valence-electron chi connectivity index (χ1n) is 5.26. The highest BCUT2D eigenvalue weighted by Gasteiger charge is 2.16. The van der Waals surface area contributed by atoms with Crippen LogP contribution in [0.1, 0.15) is 10.4 Å². The summed E-state index contributed by atoms with van der Waals surface area (Å²) in [7, 11) is 2.69. The fourth-order valence-electron chi connectivity index (χ4n) is 1.25. The largest absolute Gasteiger partial charge is 0.497 e. The highest BCUT2D eigenvalue weighted by molar-refractivity contribution is 5.94. The number of methoxy groups -OCH3 is 2. The number of amides is 1. The quantitative estimate of drug-likeness (QED) is 0.719. The van der Waals surface area contributed by atoms with E-state index in [4.69, 9.17) is 4.74 Å². The molecule has 0 aliphatic rings. The van der Waals surface area contributed by atoms with Crippen molar-refractivity contribution in [1.29, 1.82) is 0 Å². The summed E-state index contributed by atoms with van der Waals surface area (Å²) in [5.74, 6) is -0.535. The maximum Gasteiger partial charge on any atom is 0.336 e. The van der Waals surface area contributed by atoms with Gasteiger partial charge in [0.25, 0.3) is 5.91 Å². The third kappa shape index (κ3) is 3.74. The Morgan fingerprint density at radius 2 is 1.89 bits per heavy atom. The summed E-state index contributed by atoms with van der Waals surface area (Å²) in [6.45, 7) is -0.197. The lowest BCUT2D eigenvalue weighted by atomic mass is 10.2. The molecule has 6 nitrogen and oxygen atoms in total. The third-order valence-corrected chi connectivity index (χ3v) is 2.28. The van der Waals surface area contributed by atoms with E-state index in [0.717, 1.165) is 7.11 Å². The molecule has 0 radical (unpaired) electrons. The summed E-state index contributed by atoms with van der Waals surface area (Å²) >= 11 is 0. The molecule has 0 spiro atoms. The van der Waals surface area contributed by atoms with Gasteiger partial charge in [-0.05, 0) is 24.3 Å². The maximum atomic E-state index is 11.6. The lowest BCUT2D eigenvalue weighted by Gasteiger charge is -2.10. The van der Waals surface area contributed by atoms with E-state index in [1.54, 1.807) is 24.3 Å². The number of esters is 1. The topological polar surface area (TPSA) is 84.9 Å². The molecule has 6 heteroatoms. The Balaban J connectivity index is 2.52. The molecule has 0 aromatic heterocycles. The van der Waals surface area contributed by atoms with Crippen LogP contribution in [0.4, 0.5) is 0 Å². The van der Waals surface area contributed by atoms with E-state index in [-0.39, 0.29) is 12.5 Å². The molecule has 0 saturated carbocycles. The lowest BCUT2D eigenvalue weighted by Crippen LogP contribution is -2.37. The number of rotatable bonds is 5. The monoisotopic (exact) mass is 253 g/mol. The van der Waals surface area contributed by atoms with Crippen molar-refractivity contribution in [3.8, 4) is 5.75 Å². The van der Waals surface area contributed by atoms with Gasteiger partial charge in [0.15, 0.2) is 6.10 Å². The van der Waals surface area contributed by atoms with E-state index in [1.165, 1.54) is 7.11 Å². The minimum Gasteiger partial charge on any atom is -0.497 e. The number of carbonyl (C=O) groups is 2. The number of hydrogen-bond acceptors (Lipinski definition) is 5. The molecule has 0 heterocycles. The van der Waals surface area contributed by atoms with Crippen LogP contribution < -0.4 is 10.1 Å². The lowest BCUT2D eigenvalue weighted by molar-refractivity contribution is -0.149. The Bertz CT molecular complexity index is 415. The molecule has 0 aliphatic heterocycles. The zero-order valence-electron chi connectivity index (χ0n) is 10.2. The second kappa shape index (κ2) is 6.61. The fourth-order valence-corrected chi connectivity index (χ4v) is 1.25. The Morgan fingerprint density at radius 3 is 2.39 bits per heavy atom. The maximum absolute atomic E-state index is 11.6. The highest BCUT2D eigenvalue weighted by atomic mass is 16.5. The molecule has 1 unspecified atom stereocenters. The number of nitrogens with one attached hydrogen (secondary N) is 1. The van der Waals surface area contributed by atoms with Crippen molar-refractivity contribution < 1.29 is 24.2 Å². The molecule has 98 valence electrons. The van der Waals surface area contributed by atoms with Crippen molar-refractivity contribution in [2.45, 2.75) is 6.10 Å². The van der Waals surface area contributed by atoms with Crippen LogP contribution in [0.25, 0.3) is 0 Å². The van der Waals surface area contributed by atoms with E-state index in [9.17, 15) is 14.7 Å². The normalized spacial score (nSPS) is 11.5. The van der Waals surface area contributed by atoms with Crippen LogP contribution in [0.5, 0.6) is 5.75 Å². The van der Waals surface area contributed by atoms with Crippen molar-refractivity contribution in [2.24, 2.45) is 0 Å². The summed E-state index contributed by atoms with van der Waals surface area (Å²) in [4.78, 5) is 22.5. The second-order valence-electron chi connectivity index (χ2n) is 3.48. The number of aliphatic hydroxyl groups is 1. The van der Waals surface area contributed by atoms with Gasteiger partial charge in [-0.1, -0.05) is 0 Å². The zero-order valence-corrected chi connectivity index (χ0v) is 10.2. The Hall–Kier alpha value is -2.08. The number of carbonyl (C=O) groups excluding carboxylic acids is 2. The summed E-state index contributed by atoms with van der Waals surface area (Å²) in [5, 5.41) is 11.7. The zero-order chi connectivity index (χ0) is 13.5. The first kappa shape index (κ1) is 14.0. The predicted molar refractivity (Wildman–Crippen MR) is 63.4 cm³/mol. The van der Waals surface area contributed by atoms with Gasteiger partial charge in [0.1, 0.15) is 5.75 Å². The van der Waals surface area contributed by atoms with E-state index < -0.39 is 12.1 Å². The number of ether oxygens (including phenoxy) is 2. The summed E-state index contributed by atoms with van der Waals surface area (Å²) < 4.78 is 9.28. The first-order chi connectivity index (χ1) is 8.58. The van der Waals surface area contributed by atoms with Crippen LogP contribution in [0.2, 0.25) is 0 Å². The number of benzene rings is 1. The Kier molecular flexibility index (Phi) is 5.13. The molecule has 1 atom stereocenters. The molecule has 1 amide bonds. The SMILES string of the molecule is COC(=O)C(O)CNC(=O)c1ccc(OC)cc1. The van der Waals surface area contributed by atoms with E-state index in [0.29, 0.717) is 11.3 Å². The Labute approximate surface area is 105 Å². The van der Waals surface area contributed by atoms with Crippen LogP contribution in [0, 0.1) is 0 Å².